The zero-order chi connectivity index (χ0) is 9.03. The number of nitrogens with two attached hydrogens (primary N) is 1. The van der Waals surface area contributed by atoms with Crippen LogP contribution in [0.25, 0.3) is 0 Å². The molecule has 2 fully saturated rings. The highest BCUT2D eigenvalue weighted by Crippen LogP contribution is 2.07. The predicted octanol–water partition coefficient (Wildman–Crippen LogP) is -1.12. The monoisotopic (exact) mass is 193 g/mol. The van der Waals surface area contributed by atoms with Crippen molar-refractivity contribution in [3.63, 3.8) is 0 Å². The van der Waals surface area contributed by atoms with E-state index >= 15 is 0 Å². The van der Waals surface area contributed by atoms with Gasteiger partial charge in [-0.25, -0.2) is 5.14 Å². The molecule has 3 N–H and O–H groups in total. The van der Waals surface area contributed by atoms with Gasteiger partial charge >= 0.3 is 0 Å². The average molecular weight is 193 g/mol. The highest BCUT2D eigenvalue weighted by atomic mass is 32.2. The second-order valence-electron chi connectivity index (χ2n) is 2.90. The maximum Gasteiger partial charge on any atom is 0.276 e. The third kappa shape index (κ3) is 3.06. The van der Waals surface area contributed by atoms with Crippen LogP contribution in [-0.2, 0) is 10.2 Å². The Morgan fingerprint density at radius 1 is 1.17 bits per heavy atom. The first-order chi connectivity index (χ1) is 5.61. The molecule has 0 aromatic rings. The second-order valence-corrected chi connectivity index (χ2v) is 4.45. The van der Waals surface area contributed by atoms with Crippen molar-refractivity contribution in [2.45, 2.75) is 12.8 Å². The van der Waals surface area contributed by atoms with Crippen LogP contribution in [0.1, 0.15) is 12.8 Å². The summed E-state index contributed by atoms with van der Waals surface area (Å²) in [6, 6.07) is 0. The minimum Gasteiger partial charge on any atom is -0.317 e. The topological polar surface area (TPSA) is 75.4 Å². The van der Waals surface area contributed by atoms with Crippen LogP contribution in [0, 0.1) is 0 Å². The molecular weight excluding hydrogens is 178 g/mol. The molecule has 0 aliphatic carbocycles. The van der Waals surface area contributed by atoms with Crippen LogP contribution in [0.2, 0.25) is 0 Å². The summed E-state index contributed by atoms with van der Waals surface area (Å²) in [4.78, 5) is 0. The van der Waals surface area contributed by atoms with Crippen LogP contribution in [0.3, 0.4) is 0 Å². The minimum atomic E-state index is -3.33. The van der Waals surface area contributed by atoms with E-state index in [0.717, 1.165) is 6.42 Å². The molecule has 12 heavy (non-hydrogen) atoms. The van der Waals surface area contributed by atoms with E-state index in [1.807, 2.05) is 0 Å². The van der Waals surface area contributed by atoms with Crippen LogP contribution in [-0.4, -0.2) is 38.9 Å². The Balaban J connectivity index is 0.000000150. The van der Waals surface area contributed by atoms with E-state index in [-0.39, 0.29) is 0 Å². The van der Waals surface area contributed by atoms with Gasteiger partial charge in [0.1, 0.15) is 0 Å². The quantitative estimate of drug-likeness (QED) is 0.553. The van der Waals surface area contributed by atoms with E-state index in [1.165, 1.54) is 23.8 Å². The van der Waals surface area contributed by atoms with Gasteiger partial charge in [0, 0.05) is 13.1 Å². The summed E-state index contributed by atoms with van der Waals surface area (Å²) in [6.07, 6.45) is 2.33. The first-order valence-electron chi connectivity index (χ1n) is 4.09. The molecule has 0 atom stereocenters. The summed E-state index contributed by atoms with van der Waals surface area (Å²) < 4.78 is 21.9. The molecular formula is C6H15N3O2S. The molecule has 6 heteroatoms. The lowest BCUT2D eigenvalue weighted by atomic mass is 10.3. The Kier molecular flexibility index (Phi) is 3.45. The van der Waals surface area contributed by atoms with Gasteiger partial charge in [0.25, 0.3) is 10.2 Å². The summed E-state index contributed by atoms with van der Waals surface area (Å²) in [7, 11) is -3.33. The van der Waals surface area contributed by atoms with Gasteiger partial charge in [-0.15, -0.1) is 0 Å². The molecule has 0 radical (unpaired) electrons. The molecule has 72 valence electrons. The molecule has 0 saturated carbocycles. The smallest absolute Gasteiger partial charge is 0.276 e. The standard InChI is InChI=1S/C3H8N2O2S.C3H7N/c4-8(6,7)5-2-1-3-5;1-2-4-3-1/h1-3H2,(H2,4,6,7);4H,1-3H2. The van der Waals surface area contributed by atoms with Crippen LogP contribution in [0.15, 0.2) is 0 Å². The maximum absolute atomic E-state index is 10.3. The first kappa shape index (κ1) is 9.91. The summed E-state index contributed by atoms with van der Waals surface area (Å²) in [5.74, 6) is 0. The summed E-state index contributed by atoms with van der Waals surface area (Å²) in [6.45, 7) is 3.69. The zero-order valence-corrected chi connectivity index (χ0v) is 7.81. The van der Waals surface area contributed by atoms with E-state index in [2.05, 4.69) is 5.32 Å². The Bertz CT molecular complexity index is 215. The lowest BCUT2D eigenvalue weighted by Gasteiger charge is -2.26. The van der Waals surface area contributed by atoms with Crippen molar-refractivity contribution in [1.29, 1.82) is 0 Å². The zero-order valence-electron chi connectivity index (χ0n) is 6.99. The van der Waals surface area contributed by atoms with Gasteiger partial charge in [-0.2, -0.15) is 12.7 Å². The van der Waals surface area contributed by atoms with Crippen molar-refractivity contribution in [2.75, 3.05) is 26.2 Å². The number of hydrogen-bond acceptors (Lipinski definition) is 3. The lowest BCUT2D eigenvalue weighted by Crippen LogP contribution is -2.45. The molecule has 2 saturated heterocycles. The molecule has 0 aromatic carbocycles. The Labute approximate surface area is 73.1 Å². The van der Waals surface area contributed by atoms with E-state index < -0.39 is 10.2 Å². The van der Waals surface area contributed by atoms with Crippen molar-refractivity contribution in [1.82, 2.24) is 9.62 Å². The number of nitrogens with zero attached hydrogens (tertiary/aromatic N) is 1. The summed E-state index contributed by atoms with van der Waals surface area (Å²) in [5, 5.41) is 7.85. The van der Waals surface area contributed by atoms with Crippen LogP contribution in [0.4, 0.5) is 0 Å². The van der Waals surface area contributed by atoms with E-state index in [9.17, 15) is 8.42 Å². The van der Waals surface area contributed by atoms with Crippen LogP contribution < -0.4 is 10.5 Å². The van der Waals surface area contributed by atoms with Gasteiger partial charge in [0.15, 0.2) is 0 Å². The van der Waals surface area contributed by atoms with Gasteiger partial charge in [-0.1, -0.05) is 0 Å². The van der Waals surface area contributed by atoms with Crippen molar-refractivity contribution < 1.29 is 8.42 Å². The molecule has 0 aromatic heterocycles. The number of hydrogen-bond donors (Lipinski definition) is 2. The second kappa shape index (κ2) is 4.18. The average Bonchev–Trinajstić information content (AvgIpc) is 1.43. The lowest BCUT2D eigenvalue weighted by molar-refractivity contribution is 0.310. The largest absolute Gasteiger partial charge is 0.317 e. The normalized spacial score (nSPS) is 23.1. The Morgan fingerprint density at radius 2 is 1.58 bits per heavy atom. The fourth-order valence-electron chi connectivity index (χ4n) is 0.718. The fraction of sp³-hybridized carbons (Fsp3) is 1.00. The maximum atomic E-state index is 10.3. The van der Waals surface area contributed by atoms with E-state index in [4.69, 9.17) is 5.14 Å². The van der Waals surface area contributed by atoms with Crippen molar-refractivity contribution in [3.05, 3.63) is 0 Å². The van der Waals surface area contributed by atoms with Gasteiger partial charge < -0.3 is 5.32 Å². The minimum absolute atomic E-state index is 0.596. The molecule has 0 amide bonds. The molecule has 2 aliphatic heterocycles. The van der Waals surface area contributed by atoms with Crippen LogP contribution >= 0.6 is 0 Å². The highest BCUT2D eigenvalue weighted by Gasteiger charge is 2.23. The molecule has 0 unspecified atom stereocenters. The van der Waals surface area contributed by atoms with Crippen LogP contribution in [0.5, 0.6) is 0 Å². The van der Waals surface area contributed by atoms with E-state index in [0.29, 0.717) is 13.1 Å². The molecule has 2 aliphatic rings. The molecule has 0 bridgehead atoms. The highest BCUT2D eigenvalue weighted by molar-refractivity contribution is 7.86. The van der Waals surface area contributed by atoms with Gasteiger partial charge in [0.2, 0.25) is 0 Å². The predicted molar refractivity (Wildman–Crippen MR) is 46.8 cm³/mol. The van der Waals surface area contributed by atoms with Gasteiger partial charge in [-0.3, -0.25) is 0 Å². The molecule has 5 nitrogen and oxygen atoms in total. The number of rotatable bonds is 1. The fourth-order valence-corrected chi connectivity index (χ4v) is 1.49. The number of nitrogens with one attached hydrogen (secondary N) is 1. The van der Waals surface area contributed by atoms with Crippen molar-refractivity contribution in [2.24, 2.45) is 5.14 Å². The van der Waals surface area contributed by atoms with Crippen molar-refractivity contribution >= 4 is 10.2 Å². The SMILES string of the molecule is C1CNC1.NS(=O)(=O)N1CCC1. The molecule has 2 rings (SSSR count). The van der Waals surface area contributed by atoms with Crippen molar-refractivity contribution in [3.8, 4) is 0 Å². The third-order valence-corrected chi connectivity index (χ3v) is 2.97. The summed E-state index contributed by atoms with van der Waals surface area (Å²) in [5.41, 5.74) is 0. The molecule has 2 heterocycles. The Morgan fingerprint density at radius 3 is 1.58 bits per heavy atom. The first-order valence-corrected chi connectivity index (χ1v) is 5.59. The van der Waals surface area contributed by atoms with Gasteiger partial charge in [-0.05, 0) is 25.9 Å². The molecule has 0 spiro atoms. The Hall–Kier alpha value is -0.170. The van der Waals surface area contributed by atoms with Gasteiger partial charge in [0.05, 0.1) is 0 Å². The summed E-state index contributed by atoms with van der Waals surface area (Å²) >= 11 is 0. The van der Waals surface area contributed by atoms with E-state index in [1.54, 1.807) is 0 Å². The third-order valence-electron chi connectivity index (χ3n) is 1.88.